The number of esters is 1. The molecule has 0 radical (unpaired) electrons. The van der Waals surface area contributed by atoms with Crippen LogP contribution in [0.5, 0.6) is 0 Å². The zero-order valence-corrected chi connectivity index (χ0v) is 10.8. The van der Waals surface area contributed by atoms with Gasteiger partial charge in [0.25, 0.3) is 0 Å². The van der Waals surface area contributed by atoms with Gasteiger partial charge in [0.2, 0.25) is 0 Å². The minimum absolute atomic E-state index is 0.163. The molecule has 90 valence electrons. The van der Waals surface area contributed by atoms with E-state index in [4.69, 9.17) is 4.74 Å². The molecule has 0 amide bonds. The van der Waals surface area contributed by atoms with Crippen LogP contribution in [0.25, 0.3) is 0 Å². The first-order chi connectivity index (χ1) is 7.71. The summed E-state index contributed by atoms with van der Waals surface area (Å²) in [6.07, 6.45) is 3.47. The van der Waals surface area contributed by atoms with Crippen molar-refractivity contribution in [1.29, 1.82) is 0 Å². The Bertz CT molecular complexity index is 338. The Hall–Kier alpha value is -0.970. The van der Waals surface area contributed by atoms with Gasteiger partial charge in [-0.25, -0.2) is 4.98 Å². The van der Waals surface area contributed by atoms with E-state index in [9.17, 15) is 4.79 Å². The zero-order valence-electron chi connectivity index (χ0n) is 9.95. The lowest BCUT2D eigenvalue weighted by Gasteiger charge is -2.10. The monoisotopic (exact) mass is 242 g/mol. The molecule has 0 spiro atoms. The molecule has 1 unspecified atom stereocenters. The molecule has 4 nitrogen and oxygen atoms in total. The molecule has 1 atom stereocenters. The number of imidazole rings is 1. The first-order valence-electron chi connectivity index (χ1n) is 5.58. The number of carbonyl (C=O) groups is 1. The van der Waals surface area contributed by atoms with Gasteiger partial charge in [0, 0.05) is 11.9 Å². The largest absolute Gasteiger partial charge is 0.465 e. The van der Waals surface area contributed by atoms with Crippen molar-refractivity contribution in [2.45, 2.75) is 44.0 Å². The molecule has 0 bridgehead atoms. The average Bonchev–Trinajstić information content (AvgIpc) is 2.73. The molecule has 0 saturated heterocycles. The third kappa shape index (κ3) is 3.56. The maximum atomic E-state index is 11.6. The standard InChI is InChI=1S/C11H18N2O2S/c1-4-8-7-12-11(13-8)16-9(5-2)10(14)15-6-3/h7,9H,4-6H2,1-3H3,(H,12,13). The maximum Gasteiger partial charge on any atom is 0.319 e. The summed E-state index contributed by atoms with van der Waals surface area (Å²) in [6, 6.07) is 0. The lowest BCUT2D eigenvalue weighted by Crippen LogP contribution is -2.19. The van der Waals surface area contributed by atoms with Crippen LogP contribution in [0.4, 0.5) is 0 Å². The van der Waals surface area contributed by atoms with E-state index in [0.29, 0.717) is 6.61 Å². The summed E-state index contributed by atoms with van der Waals surface area (Å²) in [7, 11) is 0. The minimum atomic E-state index is -0.171. The van der Waals surface area contributed by atoms with Crippen LogP contribution in [0.2, 0.25) is 0 Å². The molecular weight excluding hydrogens is 224 g/mol. The summed E-state index contributed by atoms with van der Waals surface area (Å²) in [5.74, 6) is -0.163. The van der Waals surface area contributed by atoms with Crippen LogP contribution in [0.1, 0.15) is 32.9 Å². The summed E-state index contributed by atoms with van der Waals surface area (Å²) in [4.78, 5) is 19.0. The number of nitrogens with zero attached hydrogens (tertiary/aromatic N) is 1. The van der Waals surface area contributed by atoms with Gasteiger partial charge in [-0.2, -0.15) is 0 Å². The average molecular weight is 242 g/mol. The molecule has 1 aromatic heterocycles. The van der Waals surface area contributed by atoms with E-state index in [-0.39, 0.29) is 11.2 Å². The third-order valence-electron chi connectivity index (χ3n) is 2.16. The molecule has 0 aromatic carbocycles. The number of aryl methyl sites for hydroxylation is 1. The lowest BCUT2D eigenvalue weighted by molar-refractivity contribution is -0.142. The smallest absolute Gasteiger partial charge is 0.319 e. The predicted molar refractivity (Wildman–Crippen MR) is 64.5 cm³/mol. The maximum absolute atomic E-state index is 11.6. The van der Waals surface area contributed by atoms with Crippen molar-refractivity contribution < 1.29 is 9.53 Å². The highest BCUT2D eigenvalue weighted by molar-refractivity contribution is 8.00. The first kappa shape index (κ1) is 13.1. The van der Waals surface area contributed by atoms with Crippen LogP contribution in [0.3, 0.4) is 0 Å². The second-order valence-corrected chi connectivity index (χ2v) is 4.53. The Balaban J connectivity index is 2.58. The van der Waals surface area contributed by atoms with E-state index in [0.717, 1.165) is 23.7 Å². The highest BCUT2D eigenvalue weighted by Crippen LogP contribution is 2.23. The number of aromatic amines is 1. The van der Waals surface area contributed by atoms with Crippen molar-refractivity contribution in [2.24, 2.45) is 0 Å². The summed E-state index contributed by atoms with van der Waals surface area (Å²) in [6.45, 7) is 6.27. The van der Waals surface area contributed by atoms with E-state index in [1.54, 1.807) is 6.20 Å². The Labute approximate surface area is 100 Å². The fourth-order valence-electron chi connectivity index (χ4n) is 1.25. The van der Waals surface area contributed by atoms with Crippen molar-refractivity contribution in [1.82, 2.24) is 9.97 Å². The van der Waals surface area contributed by atoms with Gasteiger partial charge < -0.3 is 9.72 Å². The van der Waals surface area contributed by atoms with Gasteiger partial charge in [-0.1, -0.05) is 25.6 Å². The second kappa shape index (κ2) is 6.58. The number of hydrogen-bond acceptors (Lipinski definition) is 4. The van der Waals surface area contributed by atoms with E-state index in [2.05, 4.69) is 16.9 Å². The number of ether oxygens (including phenoxy) is 1. The highest BCUT2D eigenvalue weighted by Gasteiger charge is 2.20. The molecule has 0 saturated carbocycles. The first-order valence-corrected chi connectivity index (χ1v) is 6.46. The van der Waals surface area contributed by atoms with Crippen molar-refractivity contribution in [3.05, 3.63) is 11.9 Å². The molecule has 0 aliphatic rings. The van der Waals surface area contributed by atoms with Crippen molar-refractivity contribution in [2.75, 3.05) is 6.61 Å². The molecule has 1 N–H and O–H groups in total. The van der Waals surface area contributed by atoms with Crippen LogP contribution >= 0.6 is 11.8 Å². The molecule has 1 heterocycles. The Morgan fingerprint density at radius 2 is 2.31 bits per heavy atom. The fraction of sp³-hybridized carbons (Fsp3) is 0.636. The lowest BCUT2D eigenvalue weighted by atomic mass is 10.3. The van der Waals surface area contributed by atoms with Gasteiger partial charge in [0.05, 0.1) is 6.61 Å². The molecule has 1 rings (SSSR count). The SMILES string of the molecule is CCOC(=O)C(CC)Sc1ncc(CC)[nH]1. The van der Waals surface area contributed by atoms with Crippen LogP contribution in [0.15, 0.2) is 11.4 Å². The van der Waals surface area contributed by atoms with Crippen molar-refractivity contribution >= 4 is 17.7 Å². The molecule has 5 heteroatoms. The molecule has 16 heavy (non-hydrogen) atoms. The number of carbonyl (C=O) groups excluding carboxylic acids is 1. The van der Waals surface area contributed by atoms with Gasteiger partial charge in [-0.05, 0) is 19.8 Å². The number of nitrogens with one attached hydrogen (secondary N) is 1. The van der Waals surface area contributed by atoms with E-state index in [1.807, 2.05) is 13.8 Å². The van der Waals surface area contributed by atoms with Crippen LogP contribution in [-0.4, -0.2) is 27.8 Å². The Morgan fingerprint density at radius 1 is 1.56 bits per heavy atom. The Kier molecular flexibility index (Phi) is 5.38. The quantitative estimate of drug-likeness (QED) is 0.615. The molecule has 0 aliphatic carbocycles. The number of H-pyrrole nitrogens is 1. The predicted octanol–water partition coefficient (Wildman–Crippen LogP) is 2.41. The van der Waals surface area contributed by atoms with Gasteiger partial charge >= 0.3 is 5.97 Å². The van der Waals surface area contributed by atoms with E-state index < -0.39 is 0 Å². The van der Waals surface area contributed by atoms with E-state index in [1.165, 1.54) is 11.8 Å². The van der Waals surface area contributed by atoms with Gasteiger partial charge in [-0.15, -0.1) is 0 Å². The Morgan fingerprint density at radius 3 is 2.81 bits per heavy atom. The molecule has 0 fully saturated rings. The van der Waals surface area contributed by atoms with Crippen LogP contribution in [0, 0.1) is 0 Å². The van der Waals surface area contributed by atoms with Crippen molar-refractivity contribution in [3.63, 3.8) is 0 Å². The van der Waals surface area contributed by atoms with Crippen LogP contribution < -0.4 is 0 Å². The summed E-state index contributed by atoms with van der Waals surface area (Å²) >= 11 is 1.43. The minimum Gasteiger partial charge on any atom is -0.465 e. The van der Waals surface area contributed by atoms with Gasteiger partial charge in [-0.3, -0.25) is 4.79 Å². The summed E-state index contributed by atoms with van der Waals surface area (Å²) in [5.41, 5.74) is 1.08. The number of rotatable bonds is 6. The number of hydrogen-bond donors (Lipinski definition) is 1. The zero-order chi connectivity index (χ0) is 12.0. The number of thioether (sulfide) groups is 1. The van der Waals surface area contributed by atoms with Gasteiger partial charge in [0.1, 0.15) is 5.25 Å². The van der Waals surface area contributed by atoms with Crippen LogP contribution in [-0.2, 0) is 16.0 Å². The summed E-state index contributed by atoms with van der Waals surface area (Å²) in [5, 5.41) is 0.618. The molecule has 1 aromatic rings. The van der Waals surface area contributed by atoms with Gasteiger partial charge in [0.15, 0.2) is 5.16 Å². The van der Waals surface area contributed by atoms with Crippen molar-refractivity contribution in [3.8, 4) is 0 Å². The number of aromatic nitrogens is 2. The normalized spacial score (nSPS) is 12.4. The molecule has 0 aliphatic heterocycles. The second-order valence-electron chi connectivity index (χ2n) is 3.33. The fourth-order valence-corrected chi connectivity index (χ4v) is 2.15. The van der Waals surface area contributed by atoms with E-state index >= 15 is 0 Å². The topological polar surface area (TPSA) is 55.0 Å². The summed E-state index contributed by atoms with van der Waals surface area (Å²) < 4.78 is 5.00. The highest BCUT2D eigenvalue weighted by atomic mass is 32.2. The third-order valence-corrected chi connectivity index (χ3v) is 3.40. The molecular formula is C11H18N2O2S.